The van der Waals surface area contributed by atoms with Gasteiger partial charge >= 0.3 is 0 Å². The van der Waals surface area contributed by atoms with E-state index < -0.39 is 0 Å². The maximum atomic E-state index is 13.7. The van der Waals surface area contributed by atoms with Crippen LogP contribution in [0.5, 0.6) is 5.75 Å². The summed E-state index contributed by atoms with van der Waals surface area (Å²) in [5.41, 5.74) is 4.89. The van der Waals surface area contributed by atoms with Crippen LogP contribution >= 0.6 is 11.8 Å². The molecule has 0 amide bonds. The minimum absolute atomic E-state index is 0.0475. The predicted molar refractivity (Wildman–Crippen MR) is 158 cm³/mol. The average molecular weight is 549 g/mol. The first-order valence-electron chi connectivity index (χ1n) is 13.6. The number of rotatable bonds is 5. The molecule has 1 N–H and O–H groups in total. The van der Waals surface area contributed by atoms with Crippen molar-refractivity contribution in [2.24, 2.45) is 0 Å². The molecular weight excluding hydrogens is 520 g/mol. The monoisotopic (exact) mass is 548 g/mol. The van der Waals surface area contributed by atoms with Gasteiger partial charge in [-0.1, -0.05) is 67.1 Å². The van der Waals surface area contributed by atoms with Gasteiger partial charge in [-0.25, -0.2) is 9.97 Å². The number of H-pyrrole nitrogens is 1. The van der Waals surface area contributed by atoms with Crippen molar-refractivity contribution in [3.63, 3.8) is 0 Å². The van der Waals surface area contributed by atoms with E-state index in [0.29, 0.717) is 39.1 Å². The van der Waals surface area contributed by atoms with Crippen molar-refractivity contribution >= 4 is 22.7 Å². The zero-order valence-corrected chi connectivity index (χ0v) is 23.0. The maximum absolute atomic E-state index is 13.7. The van der Waals surface area contributed by atoms with Crippen LogP contribution in [-0.4, -0.2) is 26.6 Å². The smallest absolute Gasteiger partial charge is 0.266 e. The fourth-order valence-electron chi connectivity index (χ4n) is 6.43. The Bertz CT molecular complexity index is 1890. The summed E-state index contributed by atoms with van der Waals surface area (Å²) < 4.78 is 7.02. The van der Waals surface area contributed by atoms with E-state index in [1.807, 2.05) is 48.5 Å². The quantitative estimate of drug-likeness (QED) is 0.220. The van der Waals surface area contributed by atoms with Crippen LogP contribution < -0.4 is 15.9 Å². The van der Waals surface area contributed by atoms with Crippen molar-refractivity contribution in [1.82, 2.24) is 19.5 Å². The van der Waals surface area contributed by atoms with Crippen molar-refractivity contribution < 1.29 is 4.74 Å². The van der Waals surface area contributed by atoms with E-state index in [4.69, 9.17) is 14.7 Å². The van der Waals surface area contributed by atoms with Gasteiger partial charge in [0.25, 0.3) is 11.1 Å². The third kappa shape index (κ3) is 4.05. The van der Waals surface area contributed by atoms with Crippen molar-refractivity contribution in [2.45, 2.75) is 48.4 Å². The van der Waals surface area contributed by atoms with Crippen LogP contribution in [0.4, 0.5) is 0 Å². The van der Waals surface area contributed by atoms with Crippen molar-refractivity contribution in [2.75, 3.05) is 7.11 Å². The molecule has 0 aliphatic heterocycles. The topological polar surface area (TPSA) is 89.9 Å². The standard InChI is InChI=1S/C32H28N4O3S/c1-39-22-11-8-10-21(17-22)36-30(38)24-13-4-5-14-25(24)33-31(36)40-19-26-34-28-23-12-3-2-9-20(23)18-32(15-6-7-16-32)27(28)29(37)35-26/h2-5,8-14,17H,6-7,15-16,18-19H2,1H3,(H,34,35,37). The van der Waals surface area contributed by atoms with Crippen molar-refractivity contribution in [3.05, 3.63) is 110 Å². The zero-order valence-electron chi connectivity index (χ0n) is 22.1. The van der Waals surface area contributed by atoms with Gasteiger partial charge in [-0.3, -0.25) is 14.2 Å². The summed E-state index contributed by atoms with van der Waals surface area (Å²) in [5, 5.41) is 1.05. The first-order valence-corrected chi connectivity index (χ1v) is 14.6. The summed E-state index contributed by atoms with van der Waals surface area (Å²) in [6, 6.07) is 23.0. The molecule has 0 saturated heterocycles. The number of ether oxygens (including phenoxy) is 1. The highest BCUT2D eigenvalue weighted by Crippen LogP contribution is 2.49. The highest BCUT2D eigenvalue weighted by atomic mass is 32.2. The van der Waals surface area contributed by atoms with E-state index in [9.17, 15) is 9.59 Å². The van der Waals surface area contributed by atoms with E-state index in [1.165, 1.54) is 17.3 Å². The molecule has 0 radical (unpaired) electrons. The summed E-state index contributed by atoms with van der Waals surface area (Å²) in [5.74, 6) is 1.57. The van der Waals surface area contributed by atoms with Gasteiger partial charge in [0.05, 0.1) is 40.7 Å². The fraction of sp³-hybridized carbons (Fsp3) is 0.250. The molecule has 200 valence electrons. The van der Waals surface area contributed by atoms with Crippen LogP contribution in [0.25, 0.3) is 27.8 Å². The number of fused-ring (bicyclic) bond motifs is 5. The molecule has 7 rings (SSSR count). The molecule has 0 unspecified atom stereocenters. The average Bonchev–Trinajstić information content (AvgIpc) is 3.44. The lowest BCUT2D eigenvalue weighted by Gasteiger charge is -2.35. The summed E-state index contributed by atoms with van der Waals surface area (Å²) >= 11 is 1.38. The minimum atomic E-state index is -0.162. The van der Waals surface area contributed by atoms with Crippen LogP contribution in [0.2, 0.25) is 0 Å². The summed E-state index contributed by atoms with van der Waals surface area (Å²) in [6.07, 6.45) is 5.19. The first-order chi connectivity index (χ1) is 19.6. The summed E-state index contributed by atoms with van der Waals surface area (Å²) in [4.78, 5) is 40.3. The Morgan fingerprint density at radius 1 is 0.975 bits per heavy atom. The third-order valence-electron chi connectivity index (χ3n) is 8.26. The lowest BCUT2D eigenvalue weighted by atomic mass is 9.68. The molecule has 1 fully saturated rings. The second-order valence-corrected chi connectivity index (χ2v) is 11.5. The Morgan fingerprint density at radius 3 is 2.62 bits per heavy atom. The normalized spacial score (nSPS) is 15.2. The molecule has 1 saturated carbocycles. The van der Waals surface area contributed by atoms with E-state index in [2.05, 4.69) is 23.2 Å². The predicted octanol–water partition coefficient (Wildman–Crippen LogP) is 5.80. The van der Waals surface area contributed by atoms with Gasteiger partial charge < -0.3 is 9.72 Å². The van der Waals surface area contributed by atoms with Crippen LogP contribution in [0, 0.1) is 0 Å². The molecular formula is C32H28N4O3S. The number of thioether (sulfide) groups is 1. The van der Waals surface area contributed by atoms with E-state index in [1.54, 1.807) is 17.7 Å². The number of nitrogens with zero attached hydrogens (tertiary/aromatic N) is 3. The maximum Gasteiger partial charge on any atom is 0.266 e. The lowest BCUT2D eigenvalue weighted by Crippen LogP contribution is -2.37. The van der Waals surface area contributed by atoms with E-state index in [0.717, 1.165) is 48.9 Å². The number of aromatic nitrogens is 4. The van der Waals surface area contributed by atoms with Gasteiger partial charge in [0.2, 0.25) is 0 Å². The molecule has 40 heavy (non-hydrogen) atoms. The molecule has 0 atom stereocenters. The van der Waals surface area contributed by atoms with Crippen LogP contribution in [0.1, 0.15) is 42.6 Å². The summed E-state index contributed by atoms with van der Waals surface area (Å²) in [7, 11) is 1.60. The van der Waals surface area contributed by atoms with Crippen LogP contribution in [0.15, 0.2) is 87.5 Å². The van der Waals surface area contributed by atoms with Gasteiger partial charge in [0.15, 0.2) is 5.16 Å². The number of benzene rings is 3. The first kappa shape index (κ1) is 24.8. The van der Waals surface area contributed by atoms with Gasteiger partial charge in [-0.15, -0.1) is 0 Å². The molecule has 5 aromatic rings. The van der Waals surface area contributed by atoms with Gasteiger partial charge in [-0.2, -0.15) is 0 Å². The molecule has 0 bridgehead atoms. The highest BCUT2D eigenvalue weighted by Gasteiger charge is 2.43. The molecule has 2 aromatic heterocycles. The number of hydrogen-bond acceptors (Lipinski definition) is 6. The van der Waals surface area contributed by atoms with Gasteiger partial charge in [-0.05, 0) is 49.1 Å². The number of methoxy groups -OCH3 is 1. The zero-order chi connectivity index (χ0) is 27.3. The van der Waals surface area contributed by atoms with Gasteiger partial charge in [0, 0.05) is 17.0 Å². The Labute approximate surface area is 235 Å². The number of hydrogen-bond donors (Lipinski definition) is 1. The Balaban J connectivity index is 1.32. The van der Waals surface area contributed by atoms with E-state index in [-0.39, 0.29) is 16.5 Å². The highest BCUT2D eigenvalue weighted by molar-refractivity contribution is 7.98. The Kier molecular flexibility index (Phi) is 6.08. The number of para-hydroxylation sites is 1. The largest absolute Gasteiger partial charge is 0.497 e. The lowest BCUT2D eigenvalue weighted by molar-refractivity contribution is 0.414. The van der Waals surface area contributed by atoms with Crippen LogP contribution in [-0.2, 0) is 17.6 Å². The van der Waals surface area contributed by atoms with Crippen molar-refractivity contribution in [3.8, 4) is 22.7 Å². The Morgan fingerprint density at radius 2 is 1.77 bits per heavy atom. The third-order valence-corrected chi connectivity index (χ3v) is 9.21. The number of nitrogens with one attached hydrogen (secondary N) is 1. The second kappa shape index (κ2) is 9.78. The molecule has 8 heteroatoms. The van der Waals surface area contributed by atoms with Crippen LogP contribution in [0.3, 0.4) is 0 Å². The SMILES string of the molecule is COc1cccc(-n2c(SCc3nc4c(c(=O)[nH]3)C3(CCCC3)Cc3ccccc3-4)nc3ccccc3c2=O)c1. The van der Waals surface area contributed by atoms with Crippen molar-refractivity contribution in [1.29, 1.82) is 0 Å². The Hall–Kier alpha value is -4.17. The number of aromatic amines is 1. The molecule has 1 spiro atoms. The molecule has 3 aromatic carbocycles. The minimum Gasteiger partial charge on any atom is -0.497 e. The van der Waals surface area contributed by atoms with Gasteiger partial charge in [0.1, 0.15) is 11.6 Å². The summed E-state index contributed by atoms with van der Waals surface area (Å²) in [6.45, 7) is 0. The molecule has 7 nitrogen and oxygen atoms in total. The fourth-order valence-corrected chi connectivity index (χ4v) is 7.31. The van der Waals surface area contributed by atoms with E-state index >= 15 is 0 Å². The molecule has 2 aliphatic rings. The molecule has 2 aliphatic carbocycles. The molecule has 2 heterocycles. The second-order valence-electron chi connectivity index (χ2n) is 10.6.